The molecule has 1 heterocycles. The average Bonchev–Trinajstić information content (AvgIpc) is 2.82. The van der Waals surface area contributed by atoms with Gasteiger partial charge in [0.15, 0.2) is 6.10 Å². The summed E-state index contributed by atoms with van der Waals surface area (Å²) in [6.45, 7) is 1.79. The van der Waals surface area contributed by atoms with Crippen molar-refractivity contribution in [2.75, 3.05) is 22.4 Å². The smallest absolute Gasteiger partial charge is 0.271 e. The van der Waals surface area contributed by atoms with Crippen LogP contribution in [-0.4, -0.2) is 38.2 Å². The number of nitro groups is 1. The largest absolute Gasteiger partial charge is 0.478 e. The van der Waals surface area contributed by atoms with Crippen molar-refractivity contribution in [1.82, 2.24) is 0 Å². The summed E-state index contributed by atoms with van der Waals surface area (Å²) < 4.78 is 31.2. The van der Waals surface area contributed by atoms with Crippen LogP contribution in [0.25, 0.3) is 0 Å². The zero-order chi connectivity index (χ0) is 20.5. The van der Waals surface area contributed by atoms with Crippen molar-refractivity contribution in [3.8, 4) is 5.75 Å². The number of carbonyl (C=O) groups excluding carboxylic acids is 1. The molecule has 0 fully saturated rings. The van der Waals surface area contributed by atoms with Gasteiger partial charge in [0.25, 0.3) is 11.6 Å². The lowest BCUT2D eigenvalue weighted by molar-refractivity contribution is -0.384. The number of fused-ring (bicyclic) bond motifs is 1. The number of nitrogens with zero attached hydrogens (tertiary/aromatic N) is 2. The van der Waals surface area contributed by atoms with E-state index in [0.717, 1.165) is 6.26 Å². The minimum Gasteiger partial charge on any atom is -0.478 e. The number of sulfonamides is 1. The molecule has 0 unspecified atom stereocenters. The molecular weight excluding hydrogens is 386 g/mol. The van der Waals surface area contributed by atoms with Gasteiger partial charge in [-0.05, 0) is 24.6 Å². The number of hydrogen-bond acceptors (Lipinski definition) is 6. The number of benzene rings is 2. The third-order valence-corrected chi connectivity index (χ3v) is 5.56. The minimum atomic E-state index is -3.55. The lowest BCUT2D eigenvalue weighted by Gasteiger charge is -2.20. The molecule has 3 rings (SSSR count). The first-order chi connectivity index (χ1) is 13.2. The van der Waals surface area contributed by atoms with Crippen LogP contribution in [0.3, 0.4) is 0 Å². The van der Waals surface area contributed by atoms with Gasteiger partial charge in [0.2, 0.25) is 10.0 Å². The van der Waals surface area contributed by atoms with Crippen molar-refractivity contribution in [2.45, 2.75) is 19.4 Å². The predicted molar refractivity (Wildman–Crippen MR) is 104 cm³/mol. The van der Waals surface area contributed by atoms with Crippen LogP contribution in [0, 0.1) is 17.0 Å². The zero-order valence-corrected chi connectivity index (χ0v) is 16.1. The summed E-state index contributed by atoms with van der Waals surface area (Å²) in [5, 5.41) is 13.6. The zero-order valence-electron chi connectivity index (χ0n) is 15.3. The minimum absolute atomic E-state index is 0.0713. The maximum Gasteiger partial charge on any atom is 0.271 e. The molecule has 0 aromatic heterocycles. The second-order valence-corrected chi connectivity index (χ2v) is 8.35. The Balaban J connectivity index is 1.87. The highest BCUT2D eigenvalue weighted by Gasteiger charge is 2.31. The molecule has 0 saturated carbocycles. The van der Waals surface area contributed by atoms with Gasteiger partial charge in [-0.1, -0.05) is 18.2 Å². The van der Waals surface area contributed by atoms with Crippen molar-refractivity contribution in [3.05, 3.63) is 58.1 Å². The van der Waals surface area contributed by atoms with E-state index in [0.29, 0.717) is 16.9 Å². The normalized spacial score (nSPS) is 16.5. The fourth-order valence-corrected chi connectivity index (χ4v) is 3.88. The third-order valence-electron chi connectivity index (χ3n) is 4.38. The van der Waals surface area contributed by atoms with Crippen molar-refractivity contribution in [2.24, 2.45) is 0 Å². The van der Waals surface area contributed by atoms with E-state index in [1.54, 1.807) is 37.3 Å². The van der Waals surface area contributed by atoms with Crippen LogP contribution in [0.2, 0.25) is 0 Å². The van der Waals surface area contributed by atoms with Crippen LogP contribution in [0.1, 0.15) is 12.0 Å². The molecule has 0 aliphatic carbocycles. The van der Waals surface area contributed by atoms with E-state index in [1.807, 2.05) is 0 Å². The molecule has 2 aromatic carbocycles. The molecule has 2 aromatic rings. The molecule has 1 aliphatic heterocycles. The molecule has 1 amide bonds. The summed E-state index contributed by atoms with van der Waals surface area (Å²) in [5.41, 5.74) is 1.19. The number of non-ortho nitro benzene ring substituents is 1. The number of rotatable bonds is 4. The number of nitrogens with one attached hydrogen (secondary N) is 1. The predicted octanol–water partition coefficient (Wildman–Crippen LogP) is 2.46. The van der Waals surface area contributed by atoms with E-state index in [9.17, 15) is 23.3 Å². The van der Waals surface area contributed by atoms with E-state index in [2.05, 4.69) is 5.32 Å². The van der Waals surface area contributed by atoms with Crippen molar-refractivity contribution in [1.29, 1.82) is 0 Å². The Morgan fingerprint density at radius 3 is 2.68 bits per heavy atom. The van der Waals surface area contributed by atoms with E-state index in [1.165, 1.54) is 16.4 Å². The van der Waals surface area contributed by atoms with E-state index < -0.39 is 27.0 Å². The van der Waals surface area contributed by atoms with Crippen molar-refractivity contribution in [3.63, 3.8) is 0 Å². The summed E-state index contributed by atoms with van der Waals surface area (Å²) in [6.07, 6.45) is 0.268. The molecule has 0 radical (unpaired) electrons. The Labute approximate surface area is 162 Å². The highest BCUT2D eigenvalue weighted by Crippen LogP contribution is 2.34. The van der Waals surface area contributed by atoms with Gasteiger partial charge >= 0.3 is 0 Å². The SMILES string of the molecule is Cc1ccc([N+](=O)[O-])cc1NC(=O)[C@H]1CCN(S(C)(=O)=O)c2ccccc2O1. The Kier molecular flexibility index (Phi) is 5.23. The summed E-state index contributed by atoms with van der Waals surface area (Å²) in [7, 11) is -3.55. The number of amides is 1. The van der Waals surface area contributed by atoms with E-state index in [4.69, 9.17) is 4.74 Å². The van der Waals surface area contributed by atoms with E-state index in [-0.39, 0.29) is 24.4 Å². The van der Waals surface area contributed by atoms with Gasteiger partial charge in [-0.15, -0.1) is 0 Å². The number of para-hydroxylation sites is 2. The highest BCUT2D eigenvalue weighted by atomic mass is 32.2. The van der Waals surface area contributed by atoms with E-state index >= 15 is 0 Å². The van der Waals surface area contributed by atoms with Gasteiger partial charge in [-0.25, -0.2) is 8.42 Å². The fraction of sp³-hybridized carbons (Fsp3) is 0.278. The molecule has 1 atom stereocenters. The highest BCUT2D eigenvalue weighted by molar-refractivity contribution is 7.92. The molecule has 0 saturated heterocycles. The number of nitro benzene ring substituents is 1. The number of hydrogen-bond donors (Lipinski definition) is 1. The molecule has 0 spiro atoms. The van der Waals surface area contributed by atoms with Crippen LogP contribution in [0.4, 0.5) is 17.1 Å². The summed E-state index contributed by atoms with van der Waals surface area (Å²) in [6, 6.07) is 10.8. The Morgan fingerprint density at radius 2 is 2.00 bits per heavy atom. The molecule has 1 N–H and O–H groups in total. The van der Waals surface area contributed by atoms with Crippen LogP contribution >= 0.6 is 0 Å². The standard InChI is InChI=1S/C18H19N3O6S/c1-12-7-8-13(21(23)24)11-14(12)19-18(22)17-9-10-20(28(2,25)26)15-5-3-4-6-16(15)27-17/h3-8,11,17H,9-10H2,1-2H3,(H,19,22)/t17-/m1/s1. The summed E-state index contributed by atoms with van der Waals surface area (Å²) in [4.78, 5) is 23.2. The lowest BCUT2D eigenvalue weighted by Crippen LogP contribution is -2.36. The van der Waals surface area contributed by atoms with Gasteiger partial charge in [-0.3, -0.25) is 19.2 Å². The molecule has 0 bridgehead atoms. The molecule has 9 nitrogen and oxygen atoms in total. The maximum absolute atomic E-state index is 12.7. The first-order valence-corrected chi connectivity index (χ1v) is 10.3. The first-order valence-electron chi connectivity index (χ1n) is 8.46. The van der Waals surface area contributed by atoms with Gasteiger partial charge in [0, 0.05) is 25.1 Å². The first kappa shape index (κ1) is 19.6. The monoisotopic (exact) mass is 405 g/mol. The number of anilines is 2. The molecule has 1 aliphatic rings. The lowest BCUT2D eigenvalue weighted by atomic mass is 10.1. The van der Waals surface area contributed by atoms with Gasteiger partial charge < -0.3 is 10.1 Å². The van der Waals surface area contributed by atoms with Crippen LogP contribution < -0.4 is 14.4 Å². The fourth-order valence-electron chi connectivity index (χ4n) is 2.93. The van der Waals surface area contributed by atoms with Crippen molar-refractivity contribution >= 4 is 33.0 Å². The third kappa shape index (κ3) is 4.06. The molecule has 10 heteroatoms. The molecule has 28 heavy (non-hydrogen) atoms. The maximum atomic E-state index is 12.7. The Morgan fingerprint density at radius 1 is 1.29 bits per heavy atom. The second kappa shape index (κ2) is 7.47. The number of aryl methyl sites for hydroxylation is 1. The van der Waals surface area contributed by atoms with Crippen molar-refractivity contribution < 1.29 is 22.9 Å². The Hall–Kier alpha value is -3.14. The van der Waals surface area contributed by atoms with Crippen LogP contribution in [0.15, 0.2) is 42.5 Å². The summed E-state index contributed by atoms with van der Waals surface area (Å²) in [5.74, 6) is -0.227. The second-order valence-electron chi connectivity index (χ2n) is 6.44. The number of carbonyl (C=O) groups is 1. The van der Waals surface area contributed by atoms with Gasteiger partial charge in [0.05, 0.1) is 22.6 Å². The van der Waals surface area contributed by atoms with Gasteiger partial charge in [0.1, 0.15) is 5.75 Å². The quantitative estimate of drug-likeness (QED) is 0.616. The molecular formula is C18H19N3O6S. The molecule has 148 valence electrons. The topological polar surface area (TPSA) is 119 Å². The summed E-state index contributed by atoms with van der Waals surface area (Å²) >= 11 is 0. The van der Waals surface area contributed by atoms with Crippen LogP contribution in [-0.2, 0) is 14.8 Å². The number of ether oxygens (including phenoxy) is 1. The van der Waals surface area contributed by atoms with Gasteiger partial charge in [-0.2, -0.15) is 0 Å². The van der Waals surface area contributed by atoms with Crippen LogP contribution in [0.5, 0.6) is 5.75 Å². The average molecular weight is 405 g/mol. The Bertz CT molecular complexity index is 1040.